The van der Waals surface area contributed by atoms with Crippen molar-refractivity contribution in [3.8, 4) is 0 Å². The predicted molar refractivity (Wildman–Crippen MR) is 41.2 cm³/mol. The maximum atomic E-state index is 9.29. The molecule has 0 radical (unpaired) electrons. The predicted octanol–water partition coefficient (Wildman–Crippen LogP) is -2.23. The van der Waals surface area contributed by atoms with E-state index < -0.39 is 30.6 Å². The Morgan fingerprint density at radius 1 is 1.25 bits per heavy atom. The molecule has 0 bridgehead atoms. The lowest BCUT2D eigenvalue weighted by Gasteiger charge is -2.19. The maximum absolute atomic E-state index is 9.29. The standard InChI is InChI=1S/C7H15NO4/c1-3(9)8-4-2-5(10)7(12)6(4)11/h3-12H,2H2,1H3. The summed E-state index contributed by atoms with van der Waals surface area (Å²) in [5.41, 5.74) is 0. The molecule has 0 heterocycles. The van der Waals surface area contributed by atoms with Crippen LogP contribution in [0.25, 0.3) is 0 Å². The zero-order valence-electron chi connectivity index (χ0n) is 6.88. The number of hydrogen-bond acceptors (Lipinski definition) is 5. The topological polar surface area (TPSA) is 93.0 Å². The van der Waals surface area contributed by atoms with E-state index in [4.69, 9.17) is 15.3 Å². The van der Waals surface area contributed by atoms with Crippen LogP contribution >= 0.6 is 0 Å². The Hall–Kier alpha value is -0.200. The molecule has 1 rings (SSSR count). The van der Waals surface area contributed by atoms with E-state index in [0.717, 1.165) is 0 Å². The van der Waals surface area contributed by atoms with Crippen LogP contribution < -0.4 is 5.32 Å². The second-order valence-electron chi connectivity index (χ2n) is 3.23. The lowest BCUT2D eigenvalue weighted by atomic mass is 10.2. The van der Waals surface area contributed by atoms with Gasteiger partial charge in [0, 0.05) is 6.04 Å². The van der Waals surface area contributed by atoms with Crippen LogP contribution in [-0.2, 0) is 0 Å². The highest BCUT2D eigenvalue weighted by Gasteiger charge is 2.40. The van der Waals surface area contributed by atoms with Gasteiger partial charge in [-0.2, -0.15) is 0 Å². The average Bonchev–Trinajstić information content (AvgIpc) is 2.17. The molecule has 1 aliphatic carbocycles. The zero-order valence-corrected chi connectivity index (χ0v) is 6.88. The van der Waals surface area contributed by atoms with E-state index in [0.29, 0.717) is 0 Å². The van der Waals surface area contributed by atoms with E-state index in [-0.39, 0.29) is 6.42 Å². The Kier molecular flexibility index (Phi) is 3.03. The number of aliphatic hydroxyl groups is 4. The summed E-state index contributed by atoms with van der Waals surface area (Å²) in [7, 11) is 0. The van der Waals surface area contributed by atoms with Crippen molar-refractivity contribution in [2.75, 3.05) is 0 Å². The van der Waals surface area contributed by atoms with Gasteiger partial charge in [0.25, 0.3) is 0 Å². The molecule has 1 aliphatic rings. The first-order chi connectivity index (χ1) is 5.52. The average molecular weight is 177 g/mol. The first kappa shape index (κ1) is 9.88. The fourth-order valence-corrected chi connectivity index (χ4v) is 1.48. The third-order valence-corrected chi connectivity index (χ3v) is 2.11. The SMILES string of the molecule is CC(O)NC1CC(O)C(O)C1O. The fourth-order valence-electron chi connectivity index (χ4n) is 1.48. The Morgan fingerprint density at radius 2 is 1.83 bits per heavy atom. The Morgan fingerprint density at radius 3 is 2.17 bits per heavy atom. The second-order valence-corrected chi connectivity index (χ2v) is 3.23. The van der Waals surface area contributed by atoms with Crippen molar-refractivity contribution in [2.24, 2.45) is 0 Å². The van der Waals surface area contributed by atoms with Crippen molar-refractivity contribution >= 4 is 0 Å². The summed E-state index contributed by atoms with van der Waals surface area (Å²) in [4.78, 5) is 0. The molecule has 0 aliphatic heterocycles. The number of hydrogen-bond donors (Lipinski definition) is 5. The summed E-state index contributed by atoms with van der Waals surface area (Å²) in [6, 6.07) is -0.435. The number of rotatable bonds is 2. The van der Waals surface area contributed by atoms with Crippen LogP contribution in [0.1, 0.15) is 13.3 Å². The first-order valence-electron chi connectivity index (χ1n) is 4.00. The molecule has 0 amide bonds. The van der Waals surface area contributed by atoms with E-state index >= 15 is 0 Å². The van der Waals surface area contributed by atoms with Crippen LogP contribution in [-0.4, -0.2) is 51.0 Å². The van der Waals surface area contributed by atoms with Gasteiger partial charge in [-0.25, -0.2) is 0 Å². The van der Waals surface area contributed by atoms with Gasteiger partial charge in [-0.05, 0) is 13.3 Å². The highest BCUT2D eigenvalue weighted by Crippen LogP contribution is 2.20. The Balaban J connectivity index is 2.47. The molecule has 12 heavy (non-hydrogen) atoms. The number of nitrogens with one attached hydrogen (secondary N) is 1. The molecule has 0 spiro atoms. The van der Waals surface area contributed by atoms with E-state index in [1.54, 1.807) is 0 Å². The maximum Gasteiger partial charge on any atom is 0.107 e. The van der Waals surface area contributed by atoms with Gasteiger partial charge in [-0.1, -0.05) is 0 Å². The Labute approximate surface area is 70.6 Å². The first-order valence-corrected chi connectivity index (χ1v) is 4.00. The van der Waals surface area contributed by atoms with Gasteiger partial charge >= 0.3 is 0 Å². The van der Waals surface area contributed by atoms with E-state index in [1.165, 1.54) is 6.92 Å². The summed E-state index contributed by atoms with van der Waals surface area (Å²) in [6.07, 6.45) is -3.51. The summed E-state index contributed by atoms with van der Waals surface area (Å²) in [6.45, 7) is 1.52. The van der Waals surface area contributed by atoms with Gasteiger partial charge in [-0.15, -0.1) is 0 Å². The van der Waals surface area contributed by atoms with Crippen LogP contribution in [0.4, 0.5) is 0 Å². The summed E-state index contributed by atoms with van der Waals surface area (Å²) in [5, 5.41) is 39.1. The van der Waals surface area contributed by atoms with Gasteiger partial charge in [0.2, 0.25) is 0 Å². The van der Waals surface area contributed by atoms with Crippen molar-refractivity contribution in [1.82, 2.24) is 5.32 Å². The van der Waals surface area contributed by atoms with Gasteiger partial charge in [0.15, 0.2) is 0 Å². The van der Waals surface area contributed by atoms with Crippen molar-refractivity contribution in [3.05, 3.63) is 0 Å². The monoisotopic (exact) mass is 177 g/mol. The quantitative estimate of drug-likeness (QED) is 0.308. The van der Waals surface area contributed by atoms with E-state index in [2.05, 4.69) is 5.32 Å². The van der Waals surface area contributed by atoms with Gasteiger partial charge in [0.1, 0.15) is 12.3 Å². The van der Waals surface area contributed by atoms with Gasteiger partial charge in [0.05, 0.1) is 12.2 Å². The Bertz CT molecular complexity index is 150. The number of aliphatic hydroxyl groups excluding tert-OH is 4. The summed E-state index contributed by atoms with van der Waals surface area (Å²) < 4.78 is 0. The van der Waals surface area contributed by atoms with Crippen molar-refractivity contribution in [2.45, 2.75) is 43.9 Å². The van der Waals surface area contributed by atoms with Crippen molar-refractivity contribution in [1.29, 1.82) is 0 Å². The molecule has 5 heteroatoms. The third-order valence-electron chi connectivity index (χ3n) is 2.11. The van der Waals surface area contributed by atoms with Crippen molar-refractivity contribution in [3.63, 3.8) is 0 Å². The highest BCUT2D eigenvalue weighted by atomic mass is 16.4. The van der Waals surface area contributed by atoms with Crippen LogP contribution in [0, 0.1) is 0 Å². The van der Waals surface area contributed by atoms with Crippen molar-refractivity contribution < 1.29 is 20.4 Å². The highest BCUT2D eigenvalue weighted by molar-refractivity contribution is 4.95. The fraction of sp³-hybridized carbons (Fsp3) is 1.00. The molecule has 72 valence electrons. The molecule has 5 atom stereocenters. The molecular formula is C7H15NO4. The minimum atomic E-state index is -1.11. The molecule has 1 saturated carbocycles. The zero-order chi connectivity index (χ0) is 9.30. The molecule has 1 fully saturated rings. The molecule has 0 saturated heterocycles. The molecule has 5 unspecified atom stereocenters. The molecule has 5 nitrogen and oxygen atoms in total. The molecule has 0 aromatic rings. The smallest absolute Gasteiger partial charge is 0.107 e. The molecule has 5 N–H and O–H groups in total. The van der Waals surface area contributed by atoms with Crippen LogP contribution in [0.3, 0.4) is 0 Å². The molecule has 0 aromatic carbocycles. The van der Waals surface area contributed by atoms with Gasteiger partial charge < -0.3 is 20.4 Å². The normalized spacial score (nSPS) is 44.8. The van der Waals surface area contributed by atoms with E-state index in [1.807, 2.05) is 0 Å². The van der Waals surface area contributed by atoms with Gasteiger partial charge in [-0.3, -0.25) is 5.32 Å². The second kappa shape index (κ2) is 3.68. The van der Waals surface area contributed by atoms with Crippen LogP contribution in [0.5, 0.6) is 0 Å². The molecular weight excluding hydrogens is 162 g/mol. The lowest BCUT2D eigenvalue weighted by molar-refractivity contribution is -0.0254. The molecule has 0 aromatic heterocycles. The lowest BCUT2D eigenvalue weighted by Crippen LogP contribution is -2.44. The van der Waals surface area contributed by atoms with Crippen LogP contribution in [0.15, 0.2) is 0 Å². The minimum Gasteiger partial charge on any atom is -0.390 e. The minimum absolute atomic E-state index is 0.257. The van der Waals surface area contributed by atoms with Crippen LogP contribution in [0.2, 0.25) is 0 Å². The summed E-state index contributed by atoms with van der Waals surface area (Å²) >= 11 is 0. The van der Waals surface area contributed by atoms with E-state index in [9.17, 15) is 5.11 Å². The largest absolute Gasteiger partial charge is 0.390 e. The third kappa shape index (κ3) is 1.94. The summed E-state index contributed by atoms with van der Waals surface area (Å²) in [5.74, 6) is 0.